The zero-order chi connectivity index (χ0) is 20.7. The van der Waals surface area contributed by atoms with Crippen molar-refractivity contribution in [3.8, 4) is 11.5 Å². The molecular weight excluding hydrogens is 454 g/mol. The monoisotopic (exact) mass is 469 g/mol. The molecule has 28 heavy (non-hydrogen) atoms. The number of benzene rings is 1. The summed E-state index contributed by atoms with van der Waals surface area (Å²) in [6.07, 6.45) is 2.51. The first-order chi connectivity index (χ1) is 13.3. The molecule has 11 heteroatoms. The Morgan fingerprint density at radius 1 is 1.32 bits per heavy atom. The molecule has 0 aliphatic carbocycles. The van der Waals surface area contributed by atoms with E-state index in [4.69, 9.17) is 9.47 Å². The van der Waals surface area contributed by atoms with Gasteiger partial charge in [-0.05, 0) is 46.7 Å². The first-order valence-corrected chi connectivity index (χ1v) is 9.49. The van der Waals surface area contributed by atoms with Crippen LogP contribution in [0.3, 0.4) is 0 Å². The number of amidine groups is 1. The van der Waals surface area contributed by atoms with Crippen molar-refractivity contribution in [2.45, 2.75) is 13.8 Å². The van der Waals surface area contributed by atoms with Gasteiger partial charge in [0.2, 0.25) is 0 Å². The molecule has 1 saturated heterocycles. The Hall–Kier alpha value is -2.66. The Morgan fingerprint density at radius 2 is 2.07 bits per heavy atom. The summed E-state index contributed by atoms with van der Waals surface area (Å²) < 4.78 is 15.7. The van der Waals surface area contributed by atoms with Gasteiger partial charge < -0.3 is 14.2 Å². The topological polar surface area (TPSA) is 116 Å². The molecule has 1 amide bonds. The number of hydrogen-bond donors (Lipinski definition) is 1. The van der Waals surface area contributed by atoms with Crippen LogP contribution in [0.1, 0.15) is 19.4 Å². The van der Waals surface area contributed by atoms with Crippen molar-refractivity contribution >= 4 is 56.9 Å². The van der Waals surface area contributed by atoms with Crippen molar-refractivity contribution in [3.05, 3.63) is 33.2 Å². The molecule has 1 fully saturated rings. The van der Waals surface area contributed by atoms with Crippen LogP contribution in [-0.4, -0.2) is 42.9 Å². The summed E-state index contributed by atoms with van der Waals surface area (Å²) in [6, 6.07) is 3.22. The maximum absolute atomic E-state index is 11.8. The van der Waals surface area contributed by atoms with Crippen LogP contribution >= 0.6 is 27.7 Å². The predicted molar refractivity (Wildman–Crippen MR) is 107 cm³/mol. The summed E-state index contributed by atoms with van der Waals surface area (Å²) in [5, 5.41) is 10.6. The largest absolute Gasteiger partial charge is 0.490 e. The van der Waals surface area contributed by atoms with Gasteiger partial charge in [0, 0.05) is 23.0 Å². The van der Waals surface area contributed by atoms with Crippen molar-refractivity contribution < 1.29 is 28.6 Å². The van der Waals surface area contributed by atoms with Gasteiger partial charge in [-0.15, -0.1) is 5.10 Å². The third-order valence-corrected chi connectivity index (χ3v) is 4.65. The molecule has 0 radical (unpaired) electrons. The van der Waals surface area contributed by atoms with Crippen LogP contribution in [0.4, 0.5) is 0 Å². The van der Waals surface area contributed by atoms with Crippen molar-refractivity contribution in [1.82, 2.24) is 5.32 Å². The van der Waals surface area contributed by atoms with Crippen LogP contribution in [0.5, 0.6) is 11.5 Å². The molecule has 0 aromatic heterocycles. The van der Waals surface area contributed by atoms with Crippen LogP contribution < -0.4 is 14.8 Å². The zero-order valence-electron chi connectivity index (χ0n) is 15.1. The van der Waals surface area contributed by atoms with Gasteiger partial charge in [-0.25, -0.2) is 4.79 Å². The number of amides is 1. The van der Waals surface area contributed by atoms with Crippen LogP contribution in [0.2, 0.25) is 0 Å². The van der Waals surface area contributed by atoms with E-state index in [9.17, 15) is 14.4 Å². The van der Waals surface area contributed by atoms with Crippen LogP contribution in [0.25, 0.3) is 0 Å². The number of ether oxygens (including phenoxy) is 3. The summed E-state index contributed by atoms with van der Waals surface area (Å²) >= 11 is 4.33. The summed E-state index contributed by atoms with van der Waals surface area (Å²) in [5.41, 5.74) is 0.614. The van der Waals surface area contributed by atoms with Gasteiger partial charge in [-0.1, -0.05) is 0 Å². The van der Waals surface area contributed by atoms with E-state index in [1.54, 1.807) is 19.1 Å². The number of nitrogens with zero attached hydrogens (tertiary/aromatic N) is 2. The summed E-state index contributed by atoms with van der Waals surface area (Å²) in [7, 11) is 1.22. The van der Waals surface area contributed by atoms with E-state index in [1.165, 1.54) is 20.2 Å². The summed E-state index contributed by atoms with van der Waals surface area (Å²) in [5.74, 6) is -0.911. The quantitative estimate of drug-likeness (QED) is 0.223. The standard InChI is InChI=1S/C17H16BrN3O6S/c1-4-26-12-5-10(11(18)6-13(12)27-9(2)22)8-19-21-17-20-16(24)14(28-17)7-15(23)25-3/h5-8H,4H2,1-3H3,(H,20,21,24)/b14-7+,19-8?. The average molecular weight is 470 g/mol. The molecule has 1 heterocycles. The van der Waals surface area contributed by atoms with Gasteiger partial charge in [-0.3, -0.25) is 14.9 Å². The lowest BCUT2D eigenvalue weighted by atomic mass is 10.2. The van der Waals surface area contributed by atoms with Crippen LogP contribution in [0, 0.1) is 0 Å². The van der Waals surface area contributed by atoms with E-state index in [1.807, 2.05) is 0 Å². The van der Waals surface area contributed by atoms with Gasteiger partial charge in [0.1, 0.15) is 0 Å². The highest BCUT2D eigenvalue weighted by Crippen LogP contribution is 2.33. The molecule has 1 aliphatic rings. The molecule has 0 bridgehead atoms. The first kappa shape index (κ1) is 21.6. The maximum Gasteiger partial charge on any atom is 0.331 e. The molecule has 1 aromatic rings. The predicted octanol–water partition coefficient (Wildman–Crippen LogP) is 2.38. The molecule has 1 aliphatic heterocycles. The molecule has 9 nitrogen and oxygen atoms in total. The van der Waals surface area contributed by atoms with E-state index in [-0.39, 0.29) is 15.8 Å². The van der Waals surface area contributed by atoms with Crippen molar-refractivity contribution in [1.29, 1.82) is 0 Å². The fourth-order valence-electron chi connectivity index (χ4n) is 1.94. The number of hydrogen-bond acceptors (Lipinski definition) is 9. The SMILES string of the molecule is CCOc1cc(C=N/N=C2/NC(=O)/C(=C\C(=O)OC)S2)c(Br)cc1OC(C)=O. The third-order valence-electron chi connectivity index (χ3n) is 3.06. The lowest BCUT2D eigenvalue weighted by molar-refractivity contribution is -0.135. The molecule has 1 aromatic carbocycles. The van der Waals surface area contributed by atoms with Gasteiger partial charge >= 0.3 is 11.9 Å². The molecular formula is C17H16BrN3O6S. The number of methoxy groups -OCH3 is 1. The number of rotatable bonds is 6. The van der Waals surface area contributed by atoms with E-state index < -0.39 is 17.8 Å². The second-order valence-corrected chi connectivity index (χ2v) is 6.97. The highest BCUT2D eigenvalue weighted by Gasteiger charge is 2.25. The lowest BCUT2D eigenvalue weighted by Crippen LogP contribution is -2.19. The Bertz CT molecular complexity index is 897. The fraction of sp³-hybridized carbons (Fsp3) is 0.235. The second-order valence-electron chi connectivity index (χ2n) is 5.08. The Balaban J connectivity index is 2.20. The van der Waals surface area contributed by atoms with Gasteiger partial charge in [0.05, 0.1) is 24.8 Å². The average Bonchev–Trinajstić information content (AvgIpc) is 2.97. The van der Waals surface area contributed by atoms with Crippen LogP contribution in [0.15, 0.2) is 37.8 Å². The van der Waals surface area contributed by atoms with E-state index in [2.05, 4.69) is 36.2 Å². The molecule has 2 rings (SSSR count). The van der Waals surface area contributed by atoms with Gasteiger partial charge in [0.15, 0.2) is 16.7 Å². The van der Waals surface area contributed by atoms with E-state index in [0.717, 1.165) is 17.8 Å². The first-order valence-electron chi connectivity index (χ1n) is 7.88. The molecule has 0 saturated carbocycles. The number of halogens is 1. The molecule has 0 atom stereocenters. The third kappa shape index (κ3) is 5.92. The van der Waals surface area contributed by atoms with Gasteiger partial charge in [0.25, 0.3) is 5.91 Å². The highest BCUT2D eigenvalue weighted by molar-refractivity contribution is 9.10. The number of carbonyl (C=O) groups is 3. The van der Waals surface area contributed by atoms with E-state index >= 15 is 0 Å². The number of nitrogens with one attached hydrogen (secondary N) is 1. The summed E-state index contributed by atoms with van der Waals surface area (Å²) in [6.45, 7) is 3.48. The highest BCUT2D eigenvalue weighted by atomic mass is 79.9. The van der Waals surface area contributed by atoms with Gasteiger partial charge in [-0.2, -0.15) is 5.10 Å². The van der Waals surface area contributed by atoms with Crippen LogP contribution in [-0.2, 0) is 19.1 Å². The Labute approximate surface area is 173 Å². The lowest BCUT2D eigenvalue weighted by Gasteiger charge is -2.11. The van der Waals surface area contributed by atoms with Crippen molar-refractivity contribution in [3.63, 3.8) is 0 Å². The summed E-state index contributed by atoms with van der Waals surface area (Å²) in [4.78, 5) is 34.4. The molecule has 148 valence electrons. The number of carbonyl (C=O) groups excluding carboxylic acids is 3. The van der Waals surface area contributed by atoms with Crippen molar-refractivity contribution in [2.75, 3.05) is 13.7 Å². The number of thioether (sulfide) groups is 1. The molecule has 0 unspecified atom stereocenters. The minimum absolute atomic E-state index is 0.159. The fourth-order valence-corrected chi connectivity index (χ4v) is 3.10. The minimum atomic E-state index is -0.636. The van der Waals surface area contributed by atoms with E-state index in [0.29, 0.717) is 22.4 Å². The number of esters is 2. The Kier molecular flexibility index (Phi) is 7.76. The zero-order valence-corrected chi connectivity index (χ0v) is 17.5. The minimum Gasteiger partial charge on any atom is -0.490 e. The Morgan fingerprint density at radius 3 is 2.71 bits per heavy atom. The molecule has 1 N–H and O–H groups in total. The second kappa shape index (κ2) is 10.0. The maximum atomic E-state index is 11.8. The molecule has 0 spiro atoms. The van der Waals surface area contributed by atoms with Crippen molar-refractivity contribution in [2.24, 2.45) is 10.2 Å². The normalized spacial score (nSPS) is 16.5. The smallest absolute Gasteiger partial charge is 0.331 e.